The highest BCUT2D eigenvalue weighted by molar-refractivity contribution is 5.92. The van der Waals surface area contributed by atoms with Crippen LogP contribution in [0.2, 0.25) is 0 Å². The lowest BCUT2D eigenvalue weighted by Gasteiger charge is -2.34. The van der Waals surface area contributed by atoms with Gasteiger partial charge in [-0.2, -0.15) is 0 Å². The summed E-state index contributed by atoms with van der Waals surface area (Å²) in [5, 5.41) is 0. The van der Waals surface area contributed by atoms with Gasteiger partial charge >= 0.3 is 0 Å². The summed E-state index contributed by atoms with van der Waals surface area (Å²) in [7, 11) is 0. The quantitative estimate of drug-likeness (QED) is 0.574. The number of allylic oxidation sites excluding steroid dienone is 1. The second kappa shape index (κ2) is 2.90. The number of ether oxygens (including phenoxy) is 1. The van der Waals surface area contributed by atoms with E-state index < -0.39 is 0 Å². The fourth-order valence-corrected chi connectivity index (χ4v) is 1.97. The first-order chi connectivity index (χ1) is 5.77. The van der Waals surface area contributed by atoms with Crippen LogP contribution in [0.25, 0.3) is 0 Å². The van der Waals surface area contributed by atoms with Gasteiger partial charge in [-0.1, -0.05) is 0 Å². The number of carbonyl (C=O) groups excluding carboxylic acids is 1. The summed E-state index contributed by atoms with van der Waals surface area (Å²) in [6, 6.07) is 0.185. The molecule has 12 heavy (non-hydrogen) atoms. The van der Waals surface area contributed by atoms with Gasteiger partial charge < -0.3 is 10.5 Å². The third kappa shape index (κ3) is 1.25. The second-order valence-electron chi connectivity index (χ2n) is 3.56. The van der Waals surface area contributed by atoms with E-state index in [1.165, 1.54) is 12.3 Å². The molecule has 1 saturated carbocycles. The SMILES string of the molecule is NC1CCC2OC=CC(=O)C2C1. The topological polar surface area (TPSA) is 52.3 Å². The van der Waals surface area contributed by atoms with Crippen molar-refractivity contribution < 1.29 is 9.53 Å². The van der Waals surface area contributed by atoms with E-state index in [0.717, 1.165) is 19.3 Å². The van der Waals surface area contributed by atoms with E-state index in [1.54, 1.807) is 0 Å². The Balaban J connectivity index is 2.13. The Morgan fingerprint density at radius 2 is 2.33 bits per heavy atom. The number of hydrogen-bond donors (Lipinski definition) is 1. The molecule has 2 rings (SSSR count). The normalized spacial score (nSPS) is 40.4. The van der Waals surface area contributed by atoms with E-state index >= 15 is 0 Å². The van der Waals surface area contributed by atoms with Crippen LogP contribution in [0.5, 0.6) is 0 Å². The highest BCUT2D eigenvalue weighted by Crippen LogP contribution is 2.29. The van der Waals surface area contributed by atoms with Crippen LogP contribution in [-0.2, 0) is 9.53 Å². The van der Waals surface area contributed by atoms with Crippen molar-refractivity contribution in [2.75, 3.05) is 0 Å². The summed E-state index contributed by atoms with van der Waals surface area (Å²) in [5.41, 5.74) is 5.77. The zero-order chi connectivity index (χ0) is 8.55. The van der Waals surface area contributed by atoms with Crippen LogP contribution < -0.4 is 5.73 Å². The molecule has 0 saturated heterocycles. The molecular weight excluding hydrogens is 154 g/mol. The highest BCUT2D eigenvalue weighted by Gasteiger charge is 2.35. The fraction of sp³-hybridized carbons (Fsp3) is 0.667. The molecule has 1 heterocycles. The number of nitrogens with two attached hydrogens (primary N) is 1. The zero-order valence-electron chi connectivity index (χ0n) is 6.90. The Hall–Kier alpha value is -0.830. The first kappa shape index (κ1) is 7.80. The van der Waals surface area contributed by atoms with Crippen molar-refractivity contribution in [3.05, 3.63) is 12.3 Å². The molecule has 0 aromatic carbocycles. The van der Waals surface area contributed by atoms with Gasteiger partial charge in [0.25, 0.3) is 0 Å². The van der Waals surface area contributed by atoms with Gasteiger partial charge in [0.2, 0.25) is 0 Å². The molecule has 0 spiro atoms. The van der Waals surface area contributed by atoms with Gasteiger partial charge in [-0.15, -0.1) is 0 Å². The average molecular weight is 167 g/mol. The largest absolute Gasteiger partial charge is 0.497 e. The first-order valence-electron chi connectivity index (χ1n) is 4.39. The van der Waals surface area contributed by atoms with E-state index in [9.17, 15) is 4.79 Å². The van der Waals surface area contributed by atoms with Crippen molar-refractivity contribution in [3.8, 4) is 0 Å². The molecule has 0 bridgehead atoms. The van der Waals surface area contributed by atoms with Crippen LogP contribution >= 0.6 is 0 Å². The van der Waals surface area contributed by atoms with Crippen LogP contribution in [0, 0.1) is 5.92 Å². The molecule has 0 aromatic rings. The Kier molecular flexibility index (Phi) is 1.89. The maximum Gasteiger partial charge on any atom is 0.165 e. The molecule has 0 aromatic heterocycles. The molecule has 1 aliphatic carbocycles. The maximum absolute atomic E-state index is 11.4. The Labute approximate surface area is 71.6 Å². The molecule has 2 N–H and O–H groups in total. The summed E-state index contributed by atoms with van der Waals surface area (Å²) in [6.07, 6.45) is 5.81. The Bertz CT molecular complexity index is 225. The second-order valence-corrected chi connectivity index (χ2v) is 3.56. The minimum absolute atomic E-state index is 0.0266. The molecule has 0 amide bonds. The van der Waals surface area contributed by atoms with Crippen molar-refractivity contribution in [1.82, 2.24) is 0 Å². The predicted octanol–water partition coefficient (Wildman–Crippen LogP) is 0.595. The predicted molar refractivity (Wildman–Crippen MR) is 44.3 cm³/mol. The average Bonchev–Trinajstić information content (AvgIpc) is 2.07. The van der Waals surface area contributed by atoms with Crippen LogP contribution in [0.15, 0.2) is 12.3 Å². The van der Waals surface area contributed by atoms with E-state index in [0.29, 0.717) is 0 Å². The van der Waals surface area contributed by atoms with Gasteiger partial charge in [0.1, 0.15) is 6.10 Å². The zero-order valence-corrected chi connectivity index (χ0v) is 6.90. The van der Waals surface area contributed by atoms with Crippen molar-refractivity contribution in [1.29, 1.82) is 0 Å². The minimum atomic E-state index is 0.0266. The molecule has 66 valence electrons. The summed E-state index contributed by atoms with van der Waals surface area (Å²) >= 11 is 0. The van der Waals surface area contributed by atoms with Gasteiger partial charge in [-0.05, 0) is 19.3 Å². The summed E-state index contributed by atoms with van der Waals surface area (Å²) in [6.45, 7) is 0. The first-order valence-corrected chi connectivity index (χ1v) is 4.39. The van der Waals surface area contributed by atoms with Crippen LogP contribution in [0.4, 0.5) is 0 Å². The number of carbonyl (C=O) groups is 1. The number of fused-ring (bicyclic) bond motifs is 1. The molecule has 1 fully saturated rings. The van der Waals surface area contributed by atoms with E-state index in [2.05, 4.69) is 0 Å². The summed E-state index contributed by atoms with van der Waals surface area (Å²) in [4.78, 5) is 11.4. The molecular formula is C9H13NO2. The smallest absolute Gasteiger partial charge is 0.165 e. The Morgan fingerprint density at radius 1 is 1.50 bits per heavy atom. The molecule has 3 nitrogen and oxygen atoms in total. The van der Waals surface area contributed by atoms with E-state index in [1.807, 2.05) is 0 Å². The minimum Gasteiger partial charge on any atom is -0.497 e. The lowest BCUT2D eigenvalue weighted by molar-refractivity contribution is -0.125. The third-order valence-electron chi connectivity index (χ3n) is 2.68. The molecule has 1 aliphatic heterocycles. The maximum atomic E-state index is 11.4. The fourth-order valence-electron chi connectivity index (χ4n) is 1.97. The van der Waals surface area contributed by atoms with E-state index in [4.69, 9.17) is 10.5 Å². The van der Waals surface area contributed by atoms with Gasteiger partial charge in [0.15, 0.2) is 5.78 Å². The van der Waals surface area contributed by atoms with Crippen molar-refractivity contribution >= 4 is 5.78 Å². The summed E-state index contributed by atoms with van der Waals surface area (Å²) < 4.78 is 5.34. The van der Waals surface area contributed by atoms with Crippen molar-refractivity contribution in [3.63, 3.8) is 0 Å². The van der Waals surface area contributed by atoms with Crippen molar-refractivity contribution in [2.45, 2.75) is 31.4 Å². The monoisotopic (exact) mass is 167 g/mol. The Morgan fingerprint density at radius 3 is 3.17 bits per heavy atom. The van der Waals surface area contributed by atoms with Gasteiger partial charge in [-0.25, -0.2) is 0 Å². The van der Waals surface area contributed by atoms with Crippen LogP contribution in [-0.4, -0.2) is 17.9 Å². The molecule has 3 heteroatoms. The highest BCUT2D eigenvalue weighted by atomic mass is 16.5. The van der Waals surface area contributed by atoms with Gasteiger partial charge in [0.05, 0.1) is 12.2 Å². The van der Waals surface area contributed by atoms with Crippen molar-refractivity contribution in [2.24, 2.45) is 11.7 Å². The van der Waals surface area contributed by atoms with Crippen LogP contribution in [0.1, 0.15) is 19.3 Å². The van der Waals surface area contributed by atoms with E-state index in [-0.39, 0.29) is 23.8 Å². The number of rotatable bonds is 0. The van der Waals surface area contributed by atoms with Gasteiger partial charge in [-0.3, -0.25) is 4.79 Å². The molecule has 2 aliphatic rings. The van der Waals surface area contributed by atoms with Gasteiger partial charge in [0, 0.05) is 12.1 Å². The third-order valence-corrected chi connectivity index (χ3v) is 2.68. The van der Waals surface area contributed by atoms with Crippen LogP contribution in [0.3, 0.4) is 0 Å². The lowest BCUT2D eigenvalue weighted by atomic mass is 9.80. The number of hydrogen-bond acceptors (Lipinski definition) is 3. The lowest BCUT2D eigenvalue weighted by Crippen LogP contribution is -2.42. The summed E-state index contributed by atoms with van der Waals surface area (Å²) in [5.74, 6) is 0.208. The molecule has 3 unspecified atom stereocenters. The standard InChI is InChI=1S/C9H13NO2/c10-6-1-2-9-7(5-6)8(11)3-4-12-9/h3-4,6-7,9H,1-2,5,10H2. The number of ketones is 1. The molecule has 0 radical (unpaired) electrons. The molecule has 3 atom stereocenters.